The number of hydrogen-bond acceptors (Lipinski definition) is 3. The van der Waals surface area contributed by atoms with Crippen molar-refractivity contribution in [2.75, 3.05) is 0 Å². The summed E-state index contributed by atoms with van der Waals surface area (Å²) in [4.78, 5) is 36.4. The fraction of sp³-hybridized carbons (Fsp3) is 0.154. The zero-order chi connectivity index (χ0) is 14.9. The van der Waals surface area contributed by atoms with Crippen molar-refractivity contribution >= 4 is 40.2 Å². The van der Waals surface area contributed by atoms with E-state index in [4.69, 9.17) is 21.8 Å². The van der Waals surface area contributed by atoms with Gasteiger partial charge in [-0.25, -0.2) is 4.79 Å². The van der Waals surface area contributed by atoms with Crippen LogP contribution in [0, 0.1) is 0 Å². The monoisotopic (exact) mass is 295 g/mol. The molecule has 0 unspecified atom stereocenters. The van der Waals surface area contributed by atoms with Gasteiger partial charge in [0.05, 0.1) is 12.0 Å². The van der Waals surface area contributed by atoms with Crippen molar-refractivity contribution in [2.24, 2.45) is 0 Å². The van der Waals surface area contributed by atoms with Crippen molar-refractivity contribution in [3.05, 3.63) is 34.5 Å². The fourth-order valence-electron chi connectivity index (χ4n) is 1.97. The highest BCUT2D eigenvalue weighted by molar-refractivity contribution is 6.31. The second-order valence-corrected chi connectivity index (χ2v) is 4.62. The van der Waals surface area contributed by atoms with Crippen molar-refractivity contribution < 1.29 is 24.6 Å². The number of fused-ring (bicyclic) bond motifs is 1. The second kappa shape index (κ2) is 5.34. The van der Waals surface area contributed by atoms with Gasteiger partial charge in [-0.3, -0.25) is 9.59 Å². The molecule has 0 fully saturated rings. The van der Waals surface area contributed by atoms with E-state index in [1.54, 1.807) is 0 Å². The summed E-state index contributed by atoms with van der Waals surface area (Å²) in [6.07, 6.45) is -0.608. The molecule has 0 radical (unpaired) electrons. The van der Waals surface area contributed by atoms with Crippen molar-refractivity contribution in [2.45, 2.75) is 12.8 Å². The average molecular weight is 296 g/mol. The Morgan fingerprint density at radius 2 is 1.85 bits per heavy atom. The standard InChI is InChI=1S/C13H10ClNO5/c14-6-1-2-7-8(5-6)15-12(13(19)20)11(7)9(16)3-4-10(17)18/h1-2,5,15H,3-4H2,(H,17,18)(H,19,20). The van der Waals surface area contributed by atoms with Crippen molar-refractivity contribution in [3.8, 4) is 0 Å². The van der Waals surface area contributed by atoms with E-state index in [0.29, 0.717) is 15.9 Å². The SMILES string of the molecule is O=C(O)CCC(=O)c1c(C(=O)O)[nH]c2cc(Cl)ccc12. The van der Waals surface area contributed by atoms with Crippen LogP contribution < -0.4 is 0 Å². The smallest absolute Gasteiger partial charge is 0.353 e. The summed E-state index contributed by atoms with van der Waals surface area (Å²) < 4.78 is 0. The number of carboxylic acids is 2. The first-order valence-electron chi connectivity index (χ1n) is 5.69. The molecule has 0 aliphatic heterocycles. The van der Waals surface area contributed by atoms with Gasteiger partial charge >= 0.3 is 11.9 Å². The topological polar surface area (TPSA) is 107 Å². The summed E-state index contributed by atoms with van der Waals surface area (Å²) in [5.41, 5.74) is 0.164. The third kappa shape index (κ3) is 2.65. The molecule has 0 saturated carbocycles. The molecule has 0 saturated heterocycles. The Kier molecular flexibility index (Phi) is 3.76. The van der Waals surface area contributed by atoms with Gasteiger partial charge in [0, 0.05) is 22.3 Å². The normalized spacial score (nSPS) is 10.7. The van der Waals surface area contributed by atoms with Crippen LogP contribution in [0.1, 0.15) is 33.7 Å². The number of rotatable bonds is 5. The fourth-order valence-corrected chi connectivity index (χ4v) is 2.14. The molecule has 20 heavy (non-hydrogen) atoms. The number of aromatic nitrogens is 1. The maximum absolute atomic E-state index is 12.1. The Bertz CT molecular complexity index is 719. The number of aromatic amines is 1. The number of benzene rings is 1. The van der Waals surface area contributed by atoms with Gasteiger partial charge in [-0.1, -0.05) is 17.7 Å². The van der Waals surface area contributed by atoms with Gasteiger partial charge in [0.2, 0.25) is 0 Å². The first-order valence-corrected chi connectivity index (χ1v) is 6.07. The number of H-pyrrole nitrogens is 1. The molecule has 1 aromatic heterocycles. The summed E-state index contributed by atoms with van der Waals surface area (Å²) in [7, 11) is 0. The number of aliphatic carboxylic acids is 1. The number of hydrogen-bond donors (Lipinski definition) is 3. The maximum atomic E-state index is 12.1. The summed E-state index contributed by atoms with van der Waals surface area (Å²) in [6, 6.07) is 4.59. The highest BCUT2D eigenvalue weighted by Gasteiger charge is 2.23. The number of halogens is 1. The summed E-state index contributed by atoms with van der Waals surface area (Å²) in [5.74, 6) is -2.92. The van der Waals surface area contributed by atoms with Crippen LogP contribution in [0.4, 0.5) is 0 Å². The molecule has 0 amide bonds. The van der Waals surface area contributed by atoms with Crippen LogP contribution in [0.25, 0.3) is 10.9 Å². The van der Waals surface area contributed by atoms with E-state index in [-0.39, 0.29) is 24.1 Å². The van der Waals surface area contributed by atoms with Gasteiger partial charge < -0.3 is 15.2 Å². The van der Waals surface area contributed by atoms with Crippen molar-refractivity contribution in [3.63, 3.8) is 0 Å². The molecular weight excluding hydrogens is 286 g/mol. The van der Waals surface area contributed by atoms with E-state index in [2.05, 4.69) is 4.98 Å². The van der Waals surface area contributed by atoms with Crippen LogP contribution in [-0.4, -0.2) is 32.9 Å². The Morgan fingerprint density at radius 1 is 1.15 bits per heavy atom. The highest BCUT2D eigenvalue weighted by Crippen LogP contribution is 2.27. The third-order valence-corrected chi connectivity index (χ3v) is 3.05. The molecule has 104 valence electrons. The van der Waals surface area contributed by atoms with Gasteiger partial charge in [0.25, 0.3) is 0 Å². The maximum Gasteiger partial charge on any atom is 0.353 e. The molecule has 7 heteroatoms. The molecule has 1 heterocycles. The molecule has 6 nitrogen and oxygen atoms in total. The minimum Gasteiger partial charge on any atom is -0.481 e. The number of ketones is 1. The van der Waals surface area contributed by atoms with E-state index >= 15 is 0 Å². The number of aromatic carboxylic acids is 1. The zero-order valence-corrected chi connectivity index (χ0v) is 10.9. The number of carbonyl (C=O) groups is 3. The molecule has 1 aromatic carbocycles. The molecular formula is C13H10ClNO5. The number of nitrogens with one attached hydrogen (secondary N) is 1. The Labute approximate surface area is 118 Å². The predicted molar refractivity (Wildman–Crippen MR) is 71.5 cm³/mol. The van der Waals surface area contributed by atoms with Crippen molar-refractivity contribution in [1.82, 2.24) is 4.98 Å². The molecule has 2 rings (SSSR count). The molecule has 2 aromatic rings. The van der Waals surface area contributed by atoms with Gasteiger partial charge in [0.1, 0.15) is 5.69 Å². The highest BCUT2D eigenvalue weighted by atomic mass is 35.5. The van der Waals surface area contributed by atoms with E-state index in [1.165, 1.54) is 18.2 Å². The minimum atomic E-state index is -1.28. The molecule has 0 aliphatic rings. The molecule has 0 atom stereocenters. The Hall–Kier alpha value is -2.34. The van der Waals surface area contributed by atoms with Gasteiger partial charge in [-0.2, -0.15) is 0 Å². The quantitative estimate of drug-likeness (QED) is 0.735. The second-order valence-electron chi connectivity index (χ2n) is 4.19. The molecule has 0 aliphatic carbocycles. The third-order valence-electron chi connectivity index (χ3n) is 2.82. The van der Waals surface area contributed by atoms with Gasteiger partial charge in [-0.15, -0.1) is 0 Å². The summed E-state index contributed by atoms with van der Waals surface area (Å²) in [6.45, 7) is 0. The lowest BCUT2D eigenvalue weighted by atomic mass is 10.0. The van der Waals surface area contributed by atoms with Gasteiger partial charge in [-0.05, 0) is 12.1 Å². The molecule has 0 bridgehead atoms. The lowest BCUT2D eigenvalue weighted by Crippen LogP contribution is -2.09. The van der Waals surface area contributed by atoms with Crippen LogP contribution >= 0.6 is 11.6 Å². The van der Waals surface area contributed by atoms with Crippen LogP contribution in [0.5, 0.6) is 0 Å². The van der Waals surface area contributed by atoms with Crippen LogP contribution in [-0.2, 0) is 4.79 Å². The Balaban J connectivity index is 2.54. The lowest BCUT2D eigenvalue weighted by molar-refractivity contribution is -0.136. The Morgan fingerprint density at radius 3 is 2.45 bits per heavy atom. The number of carboxylic acid groups (broad SMARTS) is 2. The van der Waals surface area contributed by atoms with Crippen LogP contribution in [0.3, 0.4) is 0 Å². The van der Waals surface area contributed by atoms with E-state index in [0.717, 1.165) is 0 Å². The first-order chi connectivity index (χ1) is 9.40. The lowest BCUT2D eigenvalue weighted by Gasteiger charge is -2.00. The minimum absolute atomic E-state index is 0.00887. The predicted octanol–water partition coefficient (Wildman–Crippen LogP) is 2.57. The number of Topliss-reactive ketones (excluding diaryl/α,β-unsaturated/α-hetero) is 1. The van der Waals surface area contributed by atoms with E-state index in [1.807, 2.05) is 0 Å². The van der Waals surface area contributed by atoms with Crippen LogP contribution in [0.15, 0.2) is 18.2 Å². The zero-order valence-electron chi connectivity index (χ0n) is 10.1. The summed E-state index contributed by atoms with van der Waals surface area (Å²) >= 11 is 5.81. The van der Waals surface area contributed by atoms with Gasteiger partial charge in [0.15, 0.2) is 5.78 Å². The molecule has 3 N–H and O–H groups in total. The summed E-state index contributed by atoms with van der Waals surface area (Å²) in [5, 5.41) is 18.5. The number of carbonyl (C=O) groups excluding carboxylic acids is 1. The van der Waals surface area contributed by atoms with Crippen molar-refractivity contribution in [1.29, 1.82) is 0 Å². The average Bonchev–Trinajstić information content (AvgIpc) is 2.74. The first kappa shape index (κ1) is 14.1. The largest absolute Gasteiger partial charge is 0.481 e. The van der Waals surface area contributed by atoms with E-state index in [9.17, 15) is 14.4 Å². The van der Waals surface area contributed by atoms with E-state index < -0.39 is 17.7 Å². The molecule has 0 spiro atoms. The van der Waals surface area contributed by atoms with Crippen LogP contribution in [0.2, 0.25) is 5.02 Å².